The van der Waals surface area contributed by atoms with Crippen molar-refractivity contribution in [2.45, 2.75) is 32.6 Å². The summed E-state index contributed by atoms with van der Waals surface area (Å²) in [6, 6.07) is 14.9. The second-order valence-electron chi connectivity index (χ2n) is 8.91. The van der Waals surface area contributed by atoms with Crippen molar-refractivity contribution in [2.24, 2.45) is 0 Å². The lowest BCUT2D eigenvalue weighted by molar-refractivity contribution is 0.421. The molecular weight excluding hydrogens is 400 g/mol. The summed E-state index contributed by atoms with van der Waals surface area (Å²) >= 11 is 0. The lowest BCUT2D eigenvalue weighted by Gasteiger charge is -2.37. The third-order valence-electron chi connectivity index (χ3n) is 6.54. The Hall–Kier alpha value is -3.48. The van der Waals surface area contributed by atoms with Crippen molar-refractivity contribution < 1.29 is 4.52 Å². The first-order valence-corrected chi connectivity index (χ1v) is 11.3. The Labute approximate surface area is 187 Å². The largest absolute Gasteiger partial charge is 0.368 e. The average Bonchev–Trinajstić information content (AvgIpc) is 3.57. The van der Waals surface area contributed by atoms with Crippen LogP contribution in [0.15, 0.2) is 47.0 Å². The molecule has 0 atom stereocenters. The Balaban J connectivity index is 1.29. The second-order valence-corrected chi connectivity index (χ2v) is 8.91. The molecule has 3 heterocycles. The molecule has 2 aliphatic rings. The van der Waals surface area contributed by atoms with E-state index in [1.807, 2.05) is 12.1 Å². The zero-order valence-electron chi connectivity index (χ0n) is 18.5. The first kappa shape index (κ1) is 19.2. The van der Waals surface area contributed by atoms with Gasteiger partial charge in [-0.05, 0) is 43.9 Å². The van der Waals surface area contributed by atoms with Gasteiger partial charge in [0.1, 0.15) is 0 Å². The summed E-state index contributed by atoms with van der Waals surface area (Å²) in [5.74, 6) is 2.62. The summed E-state index contributed by atoms with van der Waals surface area (Å²) in [4.78, 5) is 9.40. The summed E-state index contributed by atoms with van der Waals surface area (Å²) in [5.41, 5.74) is 4.62. The van der Waals surface area contributed by atoms with Crippen molar-refractivity contribution >= 4 is 22.3 Å². The van der Waals surface area contributed by atoms with Crippen molar-refractivity contribution in [3.05, 3.63) is 59.4 Å². The number of aryl methyl sites for hydroxylation is 2. The third-order valence-corrected chi connectivity index (χ3v) is 6.54. The van der Waals surface area contributed by atoms with Crippen LogP contribution in [-0.2, 0) is 0 Å². The summed E-state index contributed by atoms with van der Waals surface area (Å²) in [6.07, 6.45) is 2.27. The van der Waals surface area contributed by atoms with Gasteiger partial charge in [-0.3, -0.25) is 0 Å². The van der Waals surface area contributed by atoms with Gasteiger partial charge in [0.05, 0.1) is 0 Å². The van der Waals surface area contributed by atoms with Gasteiger partial charge in [0, 0.05) is 48.6 Å². The molecule has 2 fully saturated rings. The quantitative estimate of drug-likeness (QED) is 0.476. The molecule has 0 amide bonds. The highest BCUT2D eigenvalue weighted by Crippen LogP contribution is 2.39. The minimum atomic E-state index is 0.444. The minimum absolute atomic E-state index is 0.444. The lowest BCUT2D eigenvalue weighted by Crippen LogP contribution is -2.47. The molecule has 2 aromatic carbocycles. The molecule has 0 radical (unpaired) electrons. The predicted octanol–water partition coefficient (Wildman–Crippen LogP) is 4.50. The van der Waals surface area contributed by atoms with E-state index in [9.17, 15) is 0 Å². The summed E-state index contributed by atoms with van der Waals surface area (Å²) in [5, 5.41) is 15.4. The highest BCUT2D eigenvalue weighted by atomic mass is 16.5. The predicted molar refractivity (Wildman–Crippen MR) is 125 cm³/mol. The number of fused-ring (bicyclic) bond motifs is 1. The standard InChI is InChI=1S/C25H26N6O/c1-16-7-8-17(2)21(15-16)30-11-13-31(14-12-30)24-20-6-4-3-5-19(20)22(27-28-24)25-26-23(29-32-25)18-9-10-18/h3-8,15,18H,9-14H2,1-2H3. The molecule has 1 aliphatic heterocycles. The Kier molecular flexibility index (Phi) is 4.56. The Bertz CT molecular complexity index is 1290. The molecule has 1 saturated carbocycles. The number of piperazine rings is 1. The van der Waals surface area contributed by atoms with Gasteiger partial charge in [-0.25, -0.2) is 0 Å². The van der Waals surface area contributed by atoms with Crippen LogP contribution in [0.1, 0.15) is 35.7 Å². The van der Waals surface area contributed by atoms with Crippen molar-refractivity contribution in [1.29, 1.82) is 0 Å². The molecule has 4 aromatic rings. The monoisotopic (exact) mass is 426 g/mol. The smallest absolute Gasteiger partial charge is 0.279 e. The van der Waals surface area contributed by atoms with Crippen LogP contribution in [0.2, 0.25) is 0 Å². The number of anilines is 2. The molecule has 0 bridgehead atoms. The van der Waals surface area contributed by atoms with E-state index in [4.69, 9.17) is 4.52 Å². The molecule has 32 heavy (non-hydrogen) atoms. The van der Waals surface area contributed by atoms with Gasteiger partial charge in [-0.2, -0.15) is 4.98 Å². The number of rotatable bonds is 4. The van der Waals surface area contributed by atoms with Gasteiger partial charge >= 0.3 is 0 Å². The van der Waals surface area contributed by atoms with Crippen LogP contribution in [0, 0.1) is 13.8 Å². The molecule has 7 nitrogen and oxygen atoms in total. The number of nitrogens with zero attached hydrogens (tertiary/aromatic N) is 6. The zero-order chi connectivity index (χ0) is 21.7. The number of hydrogen-bond acceptors (Lipinski definition) is 7. The Morgan fingerprint density at radius 1 is 0.875 bits per heavy atom. The molecule has 162 valence electrons. The van der Waals surface area contributed by atoms with E-state index >= 15 is 0 Å². The van der Waals surface area contributed by atoms with Crippen molar-refractivity contribution in [3.63, 3.8) is 0 Å². The SMILES string of the molecule is Cc1ccc(C)c(N2CCN(c3nnc(-c4nc(C5CC5)no4)c4ccccc34)CC2)c1. The maximum Gasteiger partial charge on any atom is 0.279 e. The summed E-state index contributed by atoms with van der Waals surface area (Å²) in [6.45, 7) is 8.05. The molecule has 0 unspecified atom stereocenters. The number of aromatic nitrogens is 4. The van der Waals surface area contributed by atoms with E-state index in [1.165, 1.54) is 16.8 Å². The van der Waals surface area contributed by atoms with Crippen LogP contribution >= 0.6 is 0 Å². The fourth-order valence-electron chi connectivity index (χ4n) is 4.54. The van der Waals surface area contributed by atoms with Crippen LogP contribution in [-0.4, -0.2) is 46.5 Å². The van der Waals surface area contributed by atoms with Crippen molar-refractivity contribution in [3.8, 4) is 11.6 Å². The second kappa shape index (κ2) is 7.58. The molecule has 1 saturated heterocycles. The van der Waals surface area contributed by atoms with E-state index in [0.29, 0.717) is 17.5 Å². The molecule has 2 aromatic heterocycles. The Morgan fingerprint density at radius 2 is 1.62 bits per heavy atom. The first-order valence-electron chi connectivity index (χ1n) is 11.3. The fourth-order valence-corrected chi connectivity index (χ4v) is 4.54. The summed E-state index contributed by atoms with van der Waals surface area (Å²) in [7, 11) is 0. The van der Waals surface area contributed by atoms with E-state index < -0.39 is 0 Å². The van der Waals surface area contributed by atoms with Crippen molar-refractivity contribution in [2.75, 3.05) is 36.0 Å². The first-order chi connectivity index (χ1) is 15.7. The van der Waals surface area contributed by atoms with E-state index in [0.717, 1.165) is 61.4 Å². The van der Waals surface area contributed by atoms with Gasteiger partial charge in [0.15, 0.2) is 17.3 Å². The van der Waals surface area contributed by atoms with Crippen LogP contribution in [0.3, 0.4) is 0 Å². The van der Waals surface area contributed by atoms with E-state index in [1.54, 1.807) is 0 Å². The van der Waals surface area contributed by atoms with Crippen LogP contribution in [0.5, 0.6) is 0 Å². The van der Waals surface area contributed by atoms with Gasteiger partial charge in [0.2, 0.25) is 0 Å². The molecular formula is C25H26N6O. The highest BCUT2D eigenvalue weighted by Gasteiger charge is 2.30. The topological polar surface area (TPSA) is 71.2 Å². The van der Waals surface area contributed by atoms with E-state index in [2.05, 4.69) is 74.3 Å². The maximum atomic E-state index is 5.55. The average molecular weight is 427 g/mol. The van der Waals surface area contributed by atoms with Crippen LogP contribution < -0.4 is 9.80 Å². The summed E-state index contributed by atoms with van der Waals surface area (Å²) < 4.78 is 5.55. The Morgan fingerprint density at radius 3 is 2.41 bits per heavy atom. The fraction of sp³-hybridized carbons (Fsp3) is 0.360. The van der Waals surface area contributed by atoms with Crippen LogP contribution in [0.25, 0.3) is 22.4 Å². The molecule has 7 heteroatoms. The number of benzene rings is 2. The van der Waals surface area contributed by atoms with Crippen molar-refractivity contribution in [1.82, 2.24) is 20.3 Å². The lowest BCUT2D eigenvalue weighted by atomic mass is 10.1. The molecule has 1 aliphatic carbocycles. The maximum absolute atomic E-state index is 5.55. The molecule has 0 spiro atoms. The minimum Gasteiger partial charge on any atom is -0.368 e. The molecule has 6 rings (SSSR count). The highest BCUT2D eigenvalue weighted by molar-refractivity contribution is 5.99. The zero-order valence-corrected chi connectivity index (χ0v) is 18.5. The van der Waals surface area contributed by atoms with Crippen LogP contribution in [0.4, 0.5) is 11.5 Å². The third kappa shape index (κ3) is 3.38. The van der Waals surface area contributed by atoms with Gasteiger partial charge in [0.25, 0.3) is 5.89 Å². The number of hydrogen-bond donors (Lipinski definition) is 0. The molecule has 0 N–H and O–H groups in total. The van der Waals surface area contributed by atoms with Gasteiger partial charge in [-0.15, -0.1) is 10.2 Å². The van der Waals surface area contributed by atoms with Gasteiger partial charge in [-0.1, -0.05) is 41.6 Å². The van der Waals surface area contributed by atoms with E-state index in [-0.39, 0.29) is 0 Å². The normalized spacial score (nSPS) is 16.7. The van der Waals surface area contributed by atoms with Gasteiger partial charge < -0.3 is 14.3 Å².